The van der Waals surface area contributed by atoms with E-state index in [4.69, 9.17) is 11.3 Å². The van der Waals surface area contributed by atoms with Gasteiger partial charge in [-0.1, -0.05) is 25.8 Å². The molecule has 0 atom stereocenters. The van der Waals surface area contributed by atoms with Crippen molar-refractivity contribution in [3.63, 3.8) is 0 Å². The third-order valence-corrected chi connectivity index (χ3v) is 4.08. The van der Waals surface area contributed by atoms with Gasteiger partial charge < -0.3 is 29.3 Å². The van der Waals surface area contributed by atoms with E-state index in [-0.39, 0.29) is 46.5 Å². The topological polar surface area (TPSA) is 86.4 Å². The smallest absolute Gasteiger partial charge is 0.872 e. The molecular weight excluding hydrogens is 363 g/mol. The number of carbonyl (C=O) groups is 1. The van der Waals surface area contributed by atoms with Gasteiger partial charge in [0.15, 0.2) is 0 Å². The van der Waals surface area contributed by atoms with Gasteiger partial charge in [-0.15, -0.1) is 6.08 Å². The van der Waals surface area contributed by atoms with E-state index in [9.17, 15) is 10.2 Å². The van der Waals surface area contributed by atoms with Gasteiger partial charge in [-0.25, -0.2) is 17.1 Å². The number of hydrogen-bond donors (Lipinski definition) is 1. The molecule has 1 aromatic rings. The summed E-state index contributed by atoms with van der Waals surface area (Å²) in [6.07, 6.45) is 9.01. The van der Waals surface area contributed by atoms with Crippen LogP contribution in [0.25, 0.3) is 5.41 Å². The van der Waals surface area contributed by atoms with Crippen LogP contribution in [-0.2, 0) is 4.74 Å². The average Bonchev–Trinajstić information content (AvgIpc) is 2.66. The minimum atomic E-state index is -0.448. The van der Waals surface area contributed by atoms with Crippen LogP contribution in [0.2, 0.25) is 0 Å². The molecule has 28 heavy (non-hydrogen) atoms. The summed E-state index contributed by atoms with van der Waals surface area (Å²) in [4.78, 5) is 19.6. The van der Waals surface area contributed by atoms with Crippen molar-refractivity contribution in [1.82, 2.24) is 15.3 Å². The maximum atomic E-state index is 11.9. The summed E-state index contributed by atoms with van der Waals surface area (Å²) < 4.78 is 5.05. The van der Waals surface area contributed by atoms with E-state index in [1.165, 1.54) is 37.9 Å². The number of hydrogen-bond acceptors (Lipinski definition) is 4. The zero-order valence-corrected chi connectivity index (χ0v) is 19.1. The van der Waals surface area contributed by atoms with E-state index < -0.39 is 5.91 Å². The molecule has 0 aliphatic heterocycles. The molecule has 0 bridgehead atoms. The predicted octanol–water partition coefficient (Wildman–Crippen LogP) is 0.715. The van der Waals surface area contributed by atoms with E-state index in [0.29, 0.717) is 11.5 Å². The van der Waals surface area contributed by atoms with Gasteiger partial charge in [0.25, 0.3) is 5.91 Å². The summed E-state index contributed by atoms with van der Waals surface area (Å²) in [5.74, 6) is 1.33. The van der Waals surface area contributed by atoms with Crippen molar-refractivity contribution in [3.05, 3.63) is 79.3 Å². The number of allylic oxidation sites excluding steroid dienone is 3. The summed E-state index contributed by atoms with van der Waals surface area (Å²) in [5, 5.41) is 12.1. The van der Waals surface area contributed by atoms with Crippen LogP contribution in [0.15, 0.2) is 47.8 Å². The van der Waals surface area contributed by atoms with Crippen LogP contribution in [0.5, 0.6) is 0 Å². The molecule has 1 aliphatic rings. The first-order valence-corrected chi connectivity index (χ1v) is 8.66. The normalized spacial score (nSPS) is 13.1. The van der Waals surface area contributed by atoms with E-state index >= 15 is 0 Å². The van der Waals surface area contributed by atoms with Crippen molar-refractivity contribution in [1.29, 1.82) is 0 Å². The van der Waals surface area contributed by atoms with Crippen molar-refractivity contribution < 1.29 is 39.1 Å². The molecule has 0 radical (unpaired) electrons. The summed E-state index contributed by atoms with van der Waals surface area (Å²) in [7, 11) is 1.42. The number of amides is 1. The van der Waals surface area contributed by atoms with Crippen molar-refractivity contribution in [2.75, 3.05) is 7.11 Å². The Bertz CT molecular complexity index is 723. The molecule has 1 aliphatic carbocycles. The molecule has 7 heteroatoms. The largest absolute Gasteiger partial charge is 1.00 e. The molecule has 146 valence electrons. The van der Waals surface area contributed by atoms with Gasteiger partial charge in [-0.3, -0.25) is 15.5 Å². The fourth-order valence-electron chi connectivity index (χ4n) is 2.27. The molecular formula is C21H26N4NaO2-3. The molecule has 6 nitrogen and oxygen atoms in total. The van der Waals surface area contributed by atoms with E-state index in [2.05, 4.69) is 43.0 Å². The second-order valence-corrected chi connectivity index (χ2v) is 6.24. The molecule has 1 heterocycles. The predicted molar refractivity (Wildman–Crippen MR) is 107 cm³/mol. The number of rotatable bonds is 6. The molecule has 1 amide bonds. The van der Waals surface area contributed by atoms with E-state index in [0.717, 1.165) is 24.7 Å². The third-order valence-electron chi connectivity index (χ3n) is 4.08. The first-order chi connectivity index (χ1) is 12.8. The molecule has 0 fully saturated rings. The van der Waals surface area contributed by atoms with Crippen molar-refractivity contribution in [3.8, 4) is 0 Å². The van der Waals surface area contributed by atoms with Crippen LogP contribution in [0.1, 0.15) is 37.2 Å². The zero-order chi connectivity index (χ0) is 20.4. The van der Waals surface area contributed by atoms with Gasteiger partial charge in [0.1, 0.15) is 11.5 Å². The second-order valence-electron chi connectivity index (χ2n) is 6.24. The van der Waals surface area contributed by atoms with Gasteiger partial charge in [0.2, 0.25) is 0 Å². The van der Waals surface area contributed by atoms with Crippen LogP contribution < -0.4 is 34.9 Å². The average molecular weight is 389 g/mol. The maximum absolute atomic E-state index is 11.9. The molecule has 0 spiro atoms. The molecule has 0 saturated heterocycles. The summed E-state index contributed by atoms with van der Waals surface area (Å²) in [6.45, 7) is 17.7. The molecule has 0 aromatic carbocycles. The zero-order valence-electron chi connectivity index (χ0n) is 17.1. The van der Waals surface area contributed by atoms with Crippen molar-refractivity contribution in [2.24, 2.45) is 11.8 Å². The van der Waals surface area contributed by atoms with Gasteiger partial charge in [0.05, 0.1) is 13.3 Å². The van der Waals surface area contributed by atoms with Crippen LogP contribution in [0.4, 0.5) is 0 Å². The number of aromatic nitrogens is 2. The Kier molecular flexibility index (Phi) is 12.6. The quantitative estimate of drug-likeness (QED) is 0.574. The van der Waals surface area contributed by atoms with E-state index in [1.54, 1.807) is 0 Å². The standard InChI is InChI=1S/C13H10N4O2.C8H16.Na/c1-8-5-10(12(19-2)6-9(8)14)17-13(18)11-7-15-3-4-16-11;1-5-8(6-2)7(3)4;/h1,3-7H,2H3,(H,17,18);7-8H,1-2,5-6H2,3-4H3;/q2*-2;+1. The van der Waals surface area contributed by atoms with Gasteiger partial charge in [0, 0.05) is 18.1 Å². The monoisotopic (exact) mass is 389 g/mol. The van der Waals surface area contributed by atoms with Crippen molar-refractivity contribution in [2.45, 2.75) is 26.7 Å². The van der Waals surface area contributed by atoms with Crippen LogP contribution in [0.3, 0.4) is 0 Å². The minimum absolute atomic E-state index is 0. The Morgan fingerprint density at radius 3 is 2.36 bits per heavy atom. The number of ether oxygens (including phenoxy) is 1. The Morgan fingerprint density at radius 2 is 1.93 bits per heavy atom. The number of nitrogens with zero attached hydrogens (tertiary/aromatic N) is 3. The van der Waals surface area contributed by atoms with Crippen LogP contribution in [-0.4, -0.2) is 28.7 Å². The molecule has 1 aromatic heterocycles. The summed E-state index contributed by atoms with van der Waals surface area (Å²) in [5.41, 5.74) is 0.522. The molecule has 2 rings (SSSR count). The molecule has 0 unspecified atom stereocenters. The summed E-state index contributed by atoms with van der Waals surface area (Å²) in [6, 6.07) is 0. The fraction of sp³-hybridized carbons (Fsp3) is 0.333. The minimum Gasteiger partial charge on any atom is -0.872 e. The first-order valence-electron chi connectivity index (χ1n) is 8.66. The number of methoxy groups -OCH3 is 1. The SMILES string of the molecule is [CH-]=C1C=C(NC(=O)c2cnccn2)C(OC)=CC1=[N-].[CH2-]CC(C[CH2-])C(C)C.[Na+]. The number of nitrogens with one attached hydrogen (secondary N) is 1. The van der Waals surface area contributed by atoms with Gasteiger partial charge >= 0.3 is 29.6 Å². The van der Waals surface area contributed by atoms with E-state index in [1.807, 2.05) is 0 Å². The van der Waals surface area contributed by atoms with Crippen LogP contribution >= 0.6 is 0 Å². The Morgan fingerprint density at radius 1 is 1.29 bits per heavy atom. The molecule has 1 N–H and O–H groups in total. The fourth-order valence-corrected chi connectivity index (χ4v) is 2.27. The maximum Gasteiger partial charge on any atom is 1.00 e. The summed E-state index contributed by atoms with van der Waals surface area (Å²) >= 11 is 0. The number of carbonyl (C=O) groups excluding carboxylic acids is 1. The molecule has 0 saturated carbocycles. The van der Waals surface area contributed by atoms with Crippen molar-refractivity contribution >= 4 is 11.6 Å². The second kappa shape index (κ2) is 13.4. The van der Waals surface area contributed by atoms with Gasteiger partial charge in [-0.05, 0) is 5.92 Å². The van der Waals surface area contributed by atoms with Gasteiger partial charge in [-0.2, -0.15) is 12.8 Å². The van der Waals surface area contributed by atoms with Crippen LogP contribution in [0, 0.1) is 32.3 Å². The Balaban J connectivity index is 0.000000694. The Hall–Kier alpha value is -1.76. The Labute approximate surface area is 190 Å². The third kappa shape index (κ3) is 8.09. The first kappa shape index (κ1) is 26.2.